The van der Waals surface area contributed by atoms with Crippen LogP contribution in [0.15, 0.2) is 0 Å². The Morgan fingerprint density at radius 2 is 2.00 bits per heavy atom. The number of hydrogen-bond donors (Lipinski definition) is 0. The lowest BCUT2D eigenvalue weighted by Crippen LogP contribution is -2.49. The number of hydrogen-bond acceptors (Lipinski definition) is 6. The fraction of sp³-hybridized carbons (Fsp3) is 0.812. The van der Waals surface area contributed by atoms with E-state index in [9.17, 15) is 4.79 Å². The first-order chi connectivity index (χ1) is 11.1. The molecule has 1 unspecified atom stereocenters. The maximum atomic E-state index is 12.2. The molecule has 2 heterocycles. The number of nitrogens with zero attached hydrogens (tertiary/aromatic N) is 4. The van der Waals surface area contributed by atoms with Crippen LogP contribution in [0.4, 0.5) is 9.93 Å². The van der Waals surface area contributed by atoms with Gasteiger partial charge < -0.3 is 14.5 Å². The van der Waals surface area contributed by atoms with E-state index in [0.29, 0.717) is 25.6 Å². The van der Waals surface area contributed by atoms with E-state index in [1.165, 1.54) is 12.8 Å². The molecule has 0 spiro atoms. The molecule has 1 aromatic rings. The molecule has 0 aromatic carbocycles. The maximum Gasteiger partial charge on any atom is 0.409 e. The van der Waals surface area contributed by atoms with Gasteiger partial charge in [0.2, 0.25) is 5.13 Å². The lowest BCUT2D eigenvalue weighted by atomic mass is 10.0. The van der Waals surface area contributed by atoms with Crippen LogP contribution in [0.2, 0.25) is 0 Å². The minimum Gasteiger partial charge on any atom is -0.449 e. The largest absolute Gasteiger partial charge is 0.449 e. The topological polar surface area (TPSA) is 58.6 Å². The average molecular weight is 340 g/mol. The van der Waals surface area contributed by atoms with Crippen molar-refractivity contribution in [1.29, 1.82) is 0 Å². The number of piperazine rings is 1. The number of unbranched alkanes of at least 4 members (excludes halogenated alkanes) is 1. The molecule has 1 aliphatic rings. The van der Waals surface area contributed by atoms with Crippen molar-refractivity contribution in [3.63, 3.8) is 0 Å². The molecule has 0 N–H and O–H groups in total. The van der Waals surface area contributed by atoms with E-state index in [0.717, 1.165) is 36.1 Å². The normalized spacial score (nSPS) is 16.5. The summed E-state index contributed by atoms with van der Waals surface area (Å²) in [6, 6.07) is 0. The predicted molar refractivity (Wildman–Crippen MR) is 93.1 cm³/mol. The third-order valence-corrected chi connectivity index (χ3v) is 5.21. The Hall–Kier alpha value is -1.37. The van der Waals surface area contributed by atoms with Crippen LogP contribution in [0.25, 0.3) is 0 Å². The van der Waals surface area contributed by atoms with Crippen LogP contribution >= 0.6 is 11.3 Å². The number of rotatable bonds is 7. The highest BCUT2D eigenvalue weighted by atomic mass is 32.1. The summed E-state index contributed by atoms with van der Waals surface area (Å²) in [5, 5.41) is 10.1. The van der Waals surface area contributed by atoms with E-state index in [2.05, 4.69) is 28.9 Å². The number of carbonyl (C=O) groups excluding carboxylic acids is 1. The lowest BCUT2D eigenvalue weighted by Gasteiger charge is -2.33. The summed E-state index contributed by atoms with van der Waals surface area (Å²) in [5.74, 6) is 0.490. The Morgan fingerprint density at radius 3 is 2.57 bits per heavy atom. The lowest BCUT2D eigenvalue weighted by molar-refractivity contribution is 0.0830. The molecule has 1 amide bonds. The van der Waals surface area contributed by atoms with Gasteiger partial charge in [0.25, 0.3) is 0 Å². The van der Waals surface area contributed by atoms with Gasteiger partial charge in [-0.15, -0.1) is 10.2 Å². The fourth-order valence-corrected chi connectivity index (χ4v) is 3.41. The van der Waals surface area contributed by atoms with E-state index < -0.39 is 0 Å². The molecule has 0 aliphatic carbocycles. The first kappa shape index (κ1) is 18.0. The second-order valence-electron chi connectivity index (χ2n) is 6.07. The zero-order chi connectivity index (χ0) is 16.7. The van der Waals surface area contributed by atoms with Crippen molar-refractivity contribution in [2.45, 2.75) is 46.5 Å². The van der Waals surface area contributed by atoms with Gasteiger partial charge in [0.05, 0.1) is 6.61 Å². The van der Waals surface area contributed by atoms with E-state index >= 15 is 0 Å². The molecule has 130 valence electrons. The quantitative estimate of drug-likeness (QED) is 0.762. The highest BCUT2D eigenvalue weighted by molar-refractivity contribution is 7.15. The van der Waals surface area contributed by atoms with Crippen molar-refractivity contribution >= 4 is 22.6 Å². The Labute approximate surface area is 142 Å². The SMILES string of the molecule is CCCCC(CC)COC(=O)N1CCN(c2nnc(C)s2)CC1. The number of amides is 1. The van der Waals surface area contributed by atoms with Crippen LogP contribution in [-0.2, 0) is 4.74 Å². The van der Waals surface area contributed by atoms with Gasteiger partial charge in [0, 0.05) is 26.2 Å². The maximum absolute atomic E-state index is 12.2. The second-order valence-corrected chi connectivity index (χ2v) is 7.23. The van der Waals surface area contributed by atoms with Gasteiger partial charge >= 0.3 is 6.09 Å². The molecule has 1 fully saturated rings. The predicted octanol–water partition coefficient (Wildman–Crippen LogP) is 3.32. The zero-order valence-corrected chi connectivity index (χ0v) is 15.3. The Kier molecular flexibility index (Phi) is 7.08. The average Bonchev–Trinajstić information content (AvgIpc) is 3.01. The highest BCUT2D eigenvalue weighted by Crippen LogP contribution is 2.21. The second kappa shape index (κ2) is 9.05. The van der Waals surface area contributed by atoms with Crippen LogP contribution in [0, 0.1) is 12.8 Å². The Bertz CT molecular complexity index is 486. The Balaban J connectivity index is 1.72. The van der Waals surface area contributed by atoms with Gasteiger partial charge in [-0.2, -0.15) is 0 Å². The van der Waals surface area contributed by atoms with Crippen molar-refractivity contribution in [2.75, 3.05) is 37.7 Å². The van der Waals surface area contributed by atoms with Crippen molar-refractivity contribution in [3.8, 4) is 0 Å². The van der Waals surface area contributed by atoms with E-state index in [1.54, 1.807) is 16.2 Å². The van der Waals surface area contributed by atoms with Crippen LogP contribution in [-0.4, -0.2) is 54.0 Å². The minimum absolute atomic E-state index is 0.173. The molecule has 0 saturated carbocycles. The number of aryl methyl sites for hydroxylation is 1. The van der Waals surface area contributed by atoms with Gasteiger partial charge in [0.1, 0.15) is 5.01 Å². The van der Waals surface area contributed by atoms with Crippen LogP contribution in [0.5, 0.6) is 0 Å². The number of carbonyl (C=O) groups is 1. The summed E-state index contributed by atoms with van der Waals surface area (Å²) < 4.78 is 5.52. The molecule has 2 rings (SSSR count). The molecule has 1 atom stereocenters. The Morgan fingerprint density at radius 1 is 1.26 bits per heavy atom. The summed E-state index contributed by atoms with van der Waals surface area (Å²) in [4.78, 5) is 16.2. The summed E-state index contributed by atoms with van der Waals surface area (Å²) >= 11 is 1.60. The van der Waals surface area contributed by atoms with E-state index in [1.807, 2.05) is 6.92 Å². The number of anilines is 1. The molecule has 0 bridgehead atoms. The van der Waals surface area contributed by atoms with Gasteiger partial charge in [-0.1, -0.05) is 44.4 Å². The molecule has 1 aliphatic heterocycles. The minimum atomic E-state index is -0.173. The molecule has 1 aromatic heterocycles. The number of ether oxygens (including phenoxy) is 1. The van der Waals surface area contributed by atoms with E-state index in [4.69, 9.17) is 4.74 Å². The van der Waals surface area contributed by atoms with E-state index in [-0.39, 0.29) is 6.09 Å². The van der Waals surface area contributed by atoms with Crippen molar-refractivity contribution in [3.05, 3.63) is 5.01 Å². The first-order valence-corrected chi connectivity index (χ1v) is 9.42. The smallest absolute Gasteiger partial charge is 0.409 e. The fourth-order valence-electron chi connectivity index (χ4n) is 2.67. The highest BCUT2D eigenvalue weighted by Gasteiger charge is 2.24. The summed E-state index contributed by atoms with van der Waals surface area (Å²) in [7, 11) is 0. The zero-order valence-electron chi connectivity index (χ0n) is 14.5. The van der Waals surface area contributed by atoms with Gasteiger partial charge in [-0.05, 0) is 19.3 Å². The number of aromatic nitrogens is 2. The third-order valence-electron chi connectivity index (χ3n) is 4.31. The van der Waals surface area contributed by atoms with Crippen molar-refractivity contribution < 1.29 is 9.53 Å². The van der Waals surface area contributed by atoms with Gasteiger partial charge in [-0.3, -0.25) is 0 Å². The molecular weight excluding hydrogens is 312 g/mol. The standard InChI is InChI=1S/C16H28N4O2S/c1-4-6-7-14(5-2)12-22-16(21)20-10-8-19(9-11-20)15-18-17-13(3)23-15/h14H,4-12H2,1-3H3. The van der Waals surface area contributed by atoms with Gasteiger partial charge in [-0.25, -0.2) is 4.79 Å². The summed E-state index contributed by atoms with van der Waals surface area (Å²) in [6.07, 6.45) is 4.43. The van der Waals surface area contributed by atoms with Crippen molar-refractivity contribution in [1.82, 2.24) is 15.1 Å². The summed E-state index contributed by atoms with van der Waals surface area (Å²) in [5.41, 5.74) is 0. The monoisotopic (exact) mass is 340 g/mol. The van der Waals surface area contributed by atoms with Gasteiger partial charge in [0.15, 0.2) is 0 Å². The molecule has 0 radical (unpaired) electrons. The molecule has 1 saturated heterocycles. The van der Waals surface area contributed by atoms with Crippen molar-refractivity contribution in [2.24, 2.45) is 5.92 Å². The van der Waals surface area contributed by atoms with Crippen LogP contribution in [0.3, 0.4) is 0 Å². The molecular formula is C16H28N4O2S. The van der Waals surface area contributed by atoms with Crippen LogP contribution < -0.4 is 4.90 Å². The van der Waals surface area contributed by atoms with Crippen LogP contribution in [0.1, 0.15) is 44.5 Å². The first-order valence-electron chi connectivity index (χ1n) is 8.60. The molecule has 7 heteroatoms. The molecule has 6 nitrogen and oxygen atoms in total. The molecule has 23 heavy (non-hydrogen) atoms. The summed E-state index contributed by atoms with van der Waals surface area (Å²) in [6.45, 7) is 9.80. The third kappa shape index (κ3) is 5.34.